The molecule has 4 fully saturated rings. The number of aromatic amines is 1. The van der Waals surface area contributed by atoms with Crippen molar-refractivity contribution in [2.24, 2.45) is 33.8 Å². The number of allylic oxidation sites excluding steroid dienone is 5. The molecule has 6 bridgehead atoms. The Labute approximate surface area is 461 Å². The fourth-order valence-corrected chi connectivity index (χ4v) is 15.1. The molecule has 2 saturated carbocycles. The fourth-order valence-electron chi connectivity index (χ4n) is 15.1. The molecule has 1 spiro atoms. The minimum Gasteiger partial charge on any atom is -0.508 e. The van der Waals surface area contributed by atoms with Gasteiger partial charge in [0.25, 0.3) is 0 Å². The van der Waals surface area contributed by atoms with Crippen molar-refractivity contribution in [3.63, 3.8) is 0 Å². The number of dihydropyridines is 1. The van der Waals surface area contributed by atoms with Gasteiger partial charge in [0.15, 0.2) is 34.7 Å². The molecule has 2 saturated heterocycles. The summed E-state index contributed by atoms with van der Waals surface area (Å²) in [6.45, 7) is 2.15. The van der Waals surface area contributed by atoms with Gasteiger partial charge in [0.05, 0.1) is 12.4 Å². The van der Waals surface area contributed by atoms with Crippen LogP contribution in [0.25, 0.3) is 22.3 Å². The van der Waals surface area contributed by atoms with E-state index < -0.39 is 111 Å². The molecule has 0 amide bonds. The lowest BCUT2D eigenvalue weighted by atomic mass is 9.34. The molecule has 8 aliphatic rings. The number of hydrogen-bond donors (Lipinski definition) is 15. The second-order valence-corrected chi connectivity index (χ2v) is 22.6. The van der Waals surface area contributed by atoms with Gasteiger partial charge in [0.1, 0.15) is 51.9 Å². The zero-order valence-electron chi connectivity index (χ0n) is 43.7. The van der Waals surface area contributed by atoms with Crippen LogP contribution in [-0.2, 0) is 16.0 Å². The lowest BCUT2D eigenvalue weighted by Gasteiger charge is -2.72. The molecule has 5 heterocycles. The maximum Gasteiger partial charge on any atom is 0.336 e. The van der Waals surface area contributed by atoms with E-state index in [9.17, 15) is 55.5 Å². The number of H-pyrrole nitrogens is 1. The minimum absolute atomic E-state index is 0.0195. The first kappa shape index (κ1) is 52.7. The van der Waals surface area contributed by atoms with E-state index in [1.54, 1.807) is 18.2 Å². The van der Waals surface area contributed by atoms with Crippen LogP contribution in [0.1, 0.15) is 55.4 Å². The number of aliphatic hydroxyl groups excluding tert-OH is 4. The van der Waals surface area contributed by atoms with Crippen LogP contribution in [0.4, 0.5) is 5.82 Å². The summed E-state index contributed by atoms with van der Waals surface area (Å²) in [7, 11) is 0. The molecule has 424 valence electrons. The minimum atomic E-state index is -2.83. The van der Waals surface area contributed by atoms with E-state index in [1.165, 1.54) is 42.5 Å². The zero-order valence-corrected chi connectivity index (χ0v) is 43.7. The van der Waals surface area contributed by atoms with E-state index in [0.717, 1.165) is 23.3 Å². The third kappa shape index (κ3) is 7.44. The van der Waals surface area contributed by atoms with Crippen LogP contribution >= 0.6 is 0 Å². The quantitative estimate of drug-likeness (QED) is 0.0561. The Morgan fingerprint density at radius 1 is 1.00 bits per heavy atom. The number of nitrogen functional groups attached to an aromatic ring is 1. The number of aliphatic hydroxyl groups is 6. The van der Waals surface area contributed by atoms with Crippen LogP contribution in [0.2, 0.25) is 0 Å². The molecule has 17 N–H and O–H groups in total. The molecule has 3 aliphatic heterocycles. The predicted molar refractivity (Wildman–Crippen MR) is 289 cm³/mol. The maximum absolute atomic E-state index is 14.3. The van der Waals surface area contributed by atoms with Gasteiger partial charge in [-0.15, -0.1) is 0 Å². The normalized spacial score (nSPS) is 33.3. The molecule has 81 heavy (non-hydrogen) atoms. The van der Waals surface area contributed by atoms with Crippen LogP contribution in [-0.4, -0.2) is 125 Å². The summed E-state index contributed by atoms with van der Waals surface area (Å²) in [5.74, 6) is -3.67. The number of phenols is 2. The molecule has 22 nitrogen and oxygen atoms in total. The van der Waals surface area contributed by atoms with Crippen molar-refractivity contribution in [3.8, 4) is 40.1 Å². The lowest BCUT2D eigenvalue weighted by molar-refractivity contribution is -0.364. The maximum atomic E-state index is 14.3. The third-order valence-corrected chi connectivity index (χ3v) is 18.6. The number of carboxylic acids is 1. The number of aromatic hydroxyl groups is 2. The zero-order chi connectivity index (χ0) is 56.7. The van der Waals surface area contributed by atoms with Crippen LogP contribution in [0.5, 0.6) is 28.7 Å². The first-order valence-corrected chi connectivity index (χ1v) is 27.0. The summed E-state index contributed by atoms with van der Waals surface area (Å²) in [6, 6.07) is 14.9. The van der Waals surface area contributed by atoms with Crippen molar-refractivity contribution in [2.75, 3.05) is 32.1 Å². The number of aliphatic carboxylic acids is 1. The Hall–Kier alpha value is -7.64. The summed E-state index contributed by atoms with van der Waals surface area (Å²) in [6.07, 6.45) is 2.54. The SMILES string of the molecule is CCc1cc(O)cc([C@H](O)Oc2c(O[C@@H]3O[C@H](C(=O)O)[C@]4(O)[C@@H](O)[C@]3(O)C=C3[C@]56C7=C(C=C[C@]58C=C[C@H](C[C@@]34[C@@H]3CNCN3)[C@H]6CC8)CNC(N)=C7)cc3oc(-c4ccc(O[C@H](CO)[C@H](O)c5ccc(N)[nH]5)cc4)cc(=O)c3c2O)c1. The van der Waals surface area contributed by atoms with E-state index in [2.05, 4.69) is 45.2 Å². The van der Waals surface area contributed by atoms with Crippen LogP contribution in [0, 0.1) is 28.1 Å². The van der Waals surface area contributed by atoms with Gasteiger partial charge < -0.3 is 96.4 Å². The van der Waals surface area contributed by atoms with E-state index in [-0.39, 0.29) is 59.9 Å². The van der Waals surface area contributed by atoms with Crippen molar-refractivity contribution < 1.29 is 74.1 Å². The Morgan fingerprint density at radius 3 is 2.52 bits per heavy atom. The highest BCUT2D eigenvalue weighted by atomic mass is 16.7. The molecule has 5 aromatic rings. The monoisotopic (exact) mass is 1110 g/mol. The molecule has 14 atom stereocenters. The fraction of sp³-hybridized carbons (Fsp3) is 0.390. The smallest absolute Gasteiger partial charge is 0.336 e. The van der Waals surface area contributed by atoms with Gasteiger partial charge in [0, 0.05) is 71.0 Å². The topological polar surface area (TPSA) is 370 Å². The second-order valence-electron chi connectivity index (χ2n) is 22.6. The molecule has 5 aliphatic carbocycles. The number of aryl methyl sites for hydroxylation is 1. The Kier molecular flexibility index (Phi) is 12.2. The Bertz CT molecular complexity index is 3640. The van der Waals surface area contributed by atoms with Gasteiger partial charge in [-0.2, -0.15) is 0 Å². The number of fused-ring (bicyclic) bond motifs is 5. The number of nitrogens with one attached hydrogen (secondary N) is 4. The molecule has 2 aromatic heterocycles. The number of phenolic OH excluding ortho intramolecular Hbond substituents is 2. The number of nitrogens with two attached hydrogens (primary N) is 2. The van der Waals surface area contributed by atoms with E-state index in [0.29, 0.717) is 59.8 Å². The molecular weight excluding hydrogens is 1050 g/mol. The van der Waals surface area contributed by atoms with E-state index >= 15 is 0 Å². The van der Waals surface area contributed by atoms with Crippen LogP contribution in [0.15, 0.2) is 135 Å². The highest BCUT2D eigenvalue weighted by molar-refractivity contribution is 5.90. The average molecular weight is 1110 g/mol. The van der Waals surface area contributed by atoms with Gasteiger partial charge in [-0.3, -0.25) is 10.1 Å². The van der Waals surface area contributed by atoms with Crippen molar-refractivity contribution in [1.29, 1.82) is 0 Å². The van der Waals surface area contributed by atoms with E-state index in [4.69, 9.17) is 34.8 Å². The molecule has 0 radical (unpaired) electrons. The number of hydrogen-bond acceptors (Lipinski definition) is 20. The van der Waals surface area contributed by atoms with Crippen molar-refractivity contribution in [3.05, 3.63) is 153 Å². The number of anilines is 1. The predicted octanol–water partition coefficient (Wildman–Crippen LogP) is 2.59. The highest BCUT2D eigenvalue weighted by Crippen LogP contribution is 2.80. The standard InChI is InChI=1S/C59H62N6O16/c1-2-27-15-31(17-32(67)16-27)52(73)80-49-40(20-39-46(48(49)70)37(68)19-38(78-39)28-3-5-33(6-4-28)77-41(25-66)47(69)36-7-8-44(60)65-36)79-54-57(75)22-42-56(43-24-62-26-64-43,59(76,53(57)74)50(81-54)51(71)72)21-29-9-12-55-13-10-30-23-63-45(61)18-35(30)58(42,55)34(29)11-14-55/h3-10,12-13,15-20,22,29,34,41,43,47,50,52-54,62-67,69-70,73-76H,2,11,14,21,23-26,60-61H2,1H3,(H,71,72)/t29-,34-,41-,43+,47-,50-,52-,53+,54-,55+,56+,57-,58+,59+/m1/s1. The number of benzene rings is 3. The molecule has 3 aromatic carbocycles. The lowest BCUT2D eigenvalue weighted by Crippen LogP contribution is -2.85. The first-order chi connectivity index (χ1) is 38.8. The number of aromatic nitrogens is 1. The van der Waals surface area contributed by atoms with Gasteiger partial charge in [-0.05, 0) is 127 Å². The van der Waals surface area contributed by atoms with Gasteiger partial charge in [0.2, 0.25) is 18.3 Å². The first-order valence-electron chi connectivity index (χ1n) is 27.0. The van der Waals surface area contributed by atoms with E-state index in [1.807, 2.05) is 13.0 Å². The molecule has 13 rings (SSSR count). The second kappa shape index (κ2) is 18.7. The number of carbonyl (C=O) groups is 1. The van der Waals surface area contributed by atoms with Crippen LogP contribution in [0.3, 0.4) is 0 Å². The number of ether oxygens (including phenoxy) is 4. The van der Waals surface area contributed by atoms with Crippen molar-refractivity contribution >= 4 is 22.8 Å². The number of rotatable bonds is 14. The molecular formula is C59H62N6O16. The summed E-state index contributed by atoms with van der Waals surface area (Å²) >= 11 is 0. The summed E-state index contributed by atoms with van der Waals surface area (Å²) < 4.78 is 31.3. The van der Waals surface area contributed by atoms with Crippen molar-refractivity contribution in [2.45, 2.75) is 86.8 Å². The summed E-state index contributed by atoms with van der Waals surface area (Å²) in [5, 5.41) is 117. The Balaban J connectivity index is 0.966. The van der Waals surface area contributed by atoms with Gasteiger partial charge in [-0.25, -0.2) is 4.79 Å². The third-order valence-electron chi connectivity index (χ3n) is 18.6. The van der Waals surface area contributed by atoms with Gasteiger partial charge in [-0.1, -0.05) is 31.2 Å². The molecule has 22 heteroatoms. The van der Waals surface area contributed by atoms with Crippen LogP contribution < -0.4 is 47.1 Å². The Morgan fingerprint density at radius 2 is 1.80 bits per heavy atom. The largest absolute Gasteiger partial charge is 0.508 e. The van der Waals surface area contributed by atoms with Gasteiger partial charge >= 0.3 is 5.97 Å². The number of carboxylic acid groups (broad SMARTS) is 1. The summed E-state index contributed by atoms with van der Waals surface area (Å²) in [4.78, 5) is 31.2. The highest BCUT2D eigenvalue weighted by Gasteiger charge is 2.83. The average Bonchev–Trinajstić information content (AvgIpc) is 1.81. The molecule has 0 unspecified atom stereocenters. The van der Waals surface area contributed by atoms with Crippen molar-refractivity contribution in [1.82, 2.24) is 20.9 Å². The summed E-state index contributed by atoms with van der Waals surface area (Å²) in [5.41, 5.74) is 5.63.